The van der Waals surface area contributed by atoms with Crippen molar-refractivity contribution in [2.24, 2.45) is 11.7 Å². The number of rotatable bonds is 7. The Morgan fingerprint density at radius 1 is 1.22 bits per heavy atom. The van der Waals surface area contributed by atoms with E-state index in [4.69, 9.17) is 19.9 Å². The fraction of sp³-hybridized carbons (Fsp3) is 0.647. The zero-order valence-corrected chi connectivity index (χ0v) is 16.0. The van der Waals surface area contributed by atoms with Gasteiger partial charge in [0.25, 0.3) is 0 Å². The van der Waals surface area contributed by atoms with Gasteiger partial charge < -0.3 is 30.0 Å². The van der Waals surface area contributed by atoms with Crippen LogP contribution < -0.4 is 11.1 Å². The summed E-state index contributed by atoms with van der Waals surface area (Å²) in [6.45, 7) is 5.21. The summed E-state index contributed by atoms with van der Waals surface area (Å²) in [4.78, 5) is 46.0. The van der Waals surface area contributed by atoms with E-state index in [1.165, 1.54) is 34.0 Å². The van der Waals surface area contributed by atoms with Crippen molar-refractivity contribution in [1.82, 2.24) is 5.32 Å². The van der Waals surface area contributed by atoms with Crippen LogP contribution >= 0.6 is 0 Å². The van der Waals surface area contributed by atoms with Crippen LogP contribution in [-0.2, 0) is 38.1 Å². The summed E-state index contributed by atoms with van der Waals surface area (Å²) in [5.41, 5.74) is 6.09. The number of carbonyl (C=O) groups is 4. The monoisotopic (exact) mass is 386 g/mol. The van der Waals surface area contributed by atoms with Gasteiger partial charge in [0.1, 0.15) is 18.8 Å². The summed E-state index contributed by atoms with van der Waals surface area (Å²) in [5.74, 6) is -2.92. The summed E-state index contributed by atoms with van der Waals surface area (Å²) in [7, 11) is 1.19. The van der Waals surface area contributed by atoms with Crippen LogP contribution in [0.4, 0.5) is 0 Å². The molecular formula is C17H26N2O8. The Labute approximate surface area is 157 Å². The second-order valence-electron chi connectivity index (χ2n) is 6.22. The molecule has 0 unspecified atom stereocenters. The van der Waals surface area contributed by atoms with E-state index < -0.39 is 48.1 Å². The highest BCUT2D eigenvalue weighted by Crippen LogP contribution is 2.27. The smallest absolute Gasteiger partial charge is 0.373 e. The van der Waals surface area contributed by atoms with Crippen LogP contribution in [0.3, 0.4) is 0 Å². The molecule has 1 aliphatic rings. The van der Waals surface area contributed by atoms with Gasteiger partial charge in [-0.1, -0.05) is 6.92 Å². The number of nitrogens with one attached hydrogen (secondary N) is 1. The van der Waals surface area contributed by atoms with Gasteiger partial charge in [0.05, 0.1) is 19.2 Å². The lowest BCUT2D eigenvalue weighted by Crippen LogP contribution is -2.60. The van der Waals surface area contributed by atoms with Gasteiger partial charge in [0, 0.05) is 26.7 Å². The first-order chi connectivity index (χ1) is 12.6. The van der Waals surface area contributed by atoms with E-state index in [1.807, 2.05) is 0 Å². The SMILES string of the molecule is COC(=O)C1=C[C@H](N)[C@@H](NC(C)=O)[C@H]([C@H](C)[C@@H](COC(C)=O)OC(C)=O)O1. The minimum absolute atomic E-state index is 0.113. The summed E-state index contributed by atoms with van der Waals surface area (Å²) in [6.07, 6.45) is -0.373. The van der Waals surface area contributed by atoms with Crippen LogP contribution in [0, 0.1) is 5.92 Å². The summed E-state index contributed by atoms with van der Waals surface area (Å²) in [6, 6.07) is -1.46. The largest absolute Gasteiger partial charge is 0.481 e. The number of carbonyl (C=O) groups excluding carboxylic acids is 4. The van der Waals surface area contributed by atoms with E-state index in [1.54, 1.807) is 6.92 Å². The molecule has 10 heteroatoms. The predicted molar refractivity (Wildman–Crippen MR) is 91.9 cm³/mol. The van der Waals surface area contributed by atoms with Gasteiger partial charge in [-0.3, -0.25) is 14.4 Å². The minimum atomic E-state index is -0.878. The Kier molecular flexibility index (Phi) is 8.23. The van der Waals surface area contributed by atoms with E-state index in [9.17, 15) is 19.2 Å². The van der Waals surface area contributed by atoms with Gasteiger partial charge in [0.15, 0.2) is 0 Å². The van der Waals surface area contributed by atoms with E-state index in [-0.39, 0.29) is 18.3 Å². The second kappa shape index (κ2) is 9.91. The van der Waals surface area contributed by atoms with Crippen LogP contribution in [0.2, 0.25) is 0 Å². The lowest BCUT2D eigenvalue weighted by molar-refractivity contribution is -0.165. The van der Waals surface area contributed by atoms with Crippen molar-refractivity contribution in [3.63, 3.8) is 0 Å². The topological polar surface area (TPSA) is 143 Å². The fourth-order valence-corrected chi connectivity index (χ4v) is 2.74. The van der Waals surface area contributed by atoms with Crippen LogP contribution in [0.5, 0.6) is 0 Å². The molecule has 0 fully saturated rings. The van der Waals surface area contributed by atoms with Crippen molar-refractivity contribution in [2.45, 2.75) is 52.0 Å². The van der Waals surface area contributed by atoms with Crippen molar-refractivity contribution in [3.8, 4) is 0 Å². The number of ether oxygens (including phenoxy) is 4. The normalized spacial score (nSPS) is 23.8. The third-order valence-electron chi connectivity index (χ3n) is 4.00. The Morgan fingerprint density at radius 3 is 2.33 bits per heavy atom. The standard InChI is InChI=1S/C17H26N2O8/c1-8(14(26-11(4)22)7-25-10(3)21)16-15(19-9(2)20)12(18)6-13(27-16)17(23)24-5/h6,8,12,14-16H,7,18H2,1-5H3,(H,19,20)/t8-,12+,14-,15-,16+/m1/s1. The molecule has 5 atom stereocenters. The molecule has 1 rings (SSSR count). The highest BCUT2D eigenvalue weighted by Gasteiger charge is 2.42. The molecule has 3 N–H and O–H groups in total. The van der Waals surface area contributed by atoms with Crippen LogP contribution in [0.1, 0.15) is 27.7 Å². The van der Waals surface area contributed by atoms with E-state index in [0.29, 0.717) is 0 Å². The Balaban J connectivity index is 3.16. The first-order valence-corrected chi connectivity index (χ1v) is 8.36. The van der Waals surface area contributed by atoms with Crippen molar-refractivity contribution < 1.29 is 38.1 Å². The molecular weight excluding hydrogens is 360 g/mol. The third-order valence-corrected chi connectivity index (χ3v) is 4.00. The molecule has 10 nitrogen and oxygen atoms in total. The van der Waals surface area contributed by atoms with Crippen molar-refractivity contribution in [3.05, 3.63) is 11.8 Å². The summed E-state index contributed by atoms with van der Waals surface area (Å²) < 4.78 is 20.6. The van der Waals surface area contributed by atoms with Crippen molar-refractivity contribution in [1.29, 1.82) is 0 Å². The molecule has 27 heavy (non-hydrogen) atoms. The molecule has 0 spiro atoms. The van der Waals surface area contributed by atoms with Crippen LogP contribution in [0.25, 0.3) is 0 Å². The molecule has 0 saturated carbocycles. The summed E-state index contributed by atoms with van der Waals surface area (Å²) >= 11 is 0. The van der Waals surface area contributed by atoms with Gasteiger partial charge in [-0.25, -0.2) is 4.79 Å². The maximum absolute atomic E-state index is 11.9. The summed E-state index contributed by atoms with van der Waals surface area (Å²) in [5, 5.41) is 2.68. The quantitative estimate of drug-likeness (QED) is 0.433. The molecule has 152 valence electrons. The average Bonchev–Trinajstić information content (AvgIpc) is 2.57. The maximum atomic E-state index is 11.9. The van der Waals surface area contributed by atoms with E-state index in [0.717, 1.165) is 0 Å². The van der Waals surface area contributed by atoms with Crippen LogP contribution in [0.15, 0.2) is 11.8 Å². The molecule has 1 aliphatic heterocycles. The first kappa shape index (κ1) is 22.4. The van der Waals surface area contributed by atoms with Crippen molar-refractivity contribution in [2.75, 3.05) is 13.7 Å². The van der Waals surface area contributed by atoms with Crippen molar-refractivity contribution >= 4 is 23.8 Å². The Morgan fingerprint density at radius 2 is 1.85 bits per heavy atom. The van der Waals surface area contributed by atoms with E-state index in [2.05, 4.69) is 10.1 Å². The van der Waals surface area contributed by atoms with Crippen LogP contribution in [-0.4, -0.2) is 61.8 Å². The number of nitrogens with two attached hydrogens (primary N) is 1. The first-order valence-electron chi connectivity index (χ1n) is 8.36. The molecule has 1 heterocycles. The molecule has 1 amide bonds. The molecule has 0 aromatic heterocycles. The van der Waals surface area contributed by atoms with Gasteiger partial charge in [-0.05, 0) is 6.08 Å². The zero-order chi connectivity index (χ0) is 20.7. The Bertz CT molecular complexity index is 618. The number of hydrogen-bond acceptors (Lipinski definition) is 9. The zero-order valence-electron chi connectivity index (χ0n) is 16.0. The number of esters is 3. The molecule has 0 saturated heterocycles. The minimum Gasteiger partial charge on any atom is -0.481 e. The maximum Gasteiger partial charge on any atom is 0.373 e. The van der Waals surface area contributed by atoms with Gasteiger partial charge in [-0.2, -0.15) is 0 Å². The third kappa shape index (κ3) is 6.55. The molecule has 0 aliphatic carbocycles. The lowest BCUT2D eigenvalue weighted by Gasteiger charge is -2.40. The second-order valence-corrected chi connectivity index (χ2v) is 6.22. The highest BCUT2D eigenvalue weighted by molar-refractivity contribution is 5.86. The van der Waals surface area contributed by atoms with E-state index >= 15 is 0 Å². The number of hydrogen-bond donors (Lipinski definition) is 2. The number of amides is 1. The fourth-order valence-electron chi connectivity index (χ4n) is 2.74. The van der Waals surface area contributed by atoms with Gasteiger partial charge >= 0.3 is 17.9 Å². The highest BCUT2D eigenvalue weighted by atomic mass is 16.6. The van der Waals surface area contributed by atoms with Gasteiger partial charge in [0.2, 0.25) is 11.7 Å². The lowest BCUT2D eigenvalue weighted by atomic mass is 9.87. The molecule has 0 radical (unpaired) electrons. The van der Waals surface area contributed by atoms with Gasteiger partial charge in [-0.15, -0.1) is 0 Å². The Hall–Kier alpha value is -2.62. The predicted octanol–water partition coefficient (Wildman–Crippen LogP) is -0.595. The average molecular weight is 386 g/mol. The molecule has 0 bridgehead atoms. The molecule has 0 aromatic rings. The number of methoxy groups -OCH3 is 1. The molecule has 0 aromatic carbocycles.